The molecule has 0 aliphatic heterocycles. The number of carbonyl (C=O) groups excluding carboxylic acids is 1. The van der Waals surface area contributed by atoms with Gasteiger partial charge >= 0.3 is 0 Å². The highest BCUT2D eigenvalue weighted by Crippen LogP contribution is 2.49. The fourth-order valence-corrected chi connectivity index (χ4v) is 2.63. The second-order valence-corrected chi connectivity index (χ2v) is 7.16. The quantitative estimate of drug-likeness (QED) is 0.837. The molecule has 118 valence electrons. The summed E-state index contributed by atoms with van der Waals surface area (Å²) in [5.74, 6) is 0.787. The molecule has 1 heterocycles. The lowest BCUT2D eigenvalue weighted by atomic mass is 9.95. The van der Waals surface area contributed by atoms with Gasteiger partial charge in [0.15, 0.2) is 5.76 Å². The molecule has 21 heavy (non-hydrogen) atoms. The normalized spacial score (nSPS) is 17.0. The molecule has 5 nitrogen and oxygen atoms in total. The molecule has 0 spiro atoms. The van der Waals surface area contributed by atoms with Gasteiger partial charge in [-0.15, -0.1) is 0 Å². The number of nitrogens with one attached hydrogen (secondary N) is 1. The van der Waals surface area contributed by atoms with Gasteiger partial charge in [0, 0.05) is 11.6 Å². The standard InChI is InChI=1S/C16H27N3O2/c1-12-11-13(21-18-12)16(8-9-16)14(20)17-15(2,3)7-6-10-19(4)5/h11H,6-10H2,1-5H3,(H,17,20). The monoisotopic (exact) mass is 293 g/mol. The Morgan fingerprint density at radius 2 is 2.14 bits per heavy atom. The van der Waals surface area contributed by atoms with Crippen LogP contribution in [0.5, 0.6) is 0 Å². The molecule has 0 aromatic carbocycles. The smallest absolute Gasteiger partial charge is 0.234 e. The Balaban J connectivity index is 1.94. The molecular weight excluding hydrogens is 266 g/mol. The maximum atomic E-state index is 12.6. The summed E-state index contributed by atoms with van der Waals surface area (Å²) in [6.45, 7) is 7.09. The third-order valence-corrected chi connectivity index (χ3v) is 4.14. The van der Waals surface area contributed by atoms with Gasteiger partial charge in [-0.25, -0.2) is 0 Å². The lowest BCUT2D eigenvalue weighted by molar-refractivity contribution is -0.125. The van der Waals surface area contributed by atoms with E-state index in [1.54, 1.807) is 0 Å². The zero-order valence-corrected chi connectivity index (χ0v) is 13.8. The van der Waals surface area contributed by atoms with Crippen LogP contribution in [0.3, 0.4) is 0 Å². The molecule has 1 saturated carbocycles. The van der Waals surface area contributed by atoms with E-state index in [0.717, 1.165) is 37.9 Å². The Kier molecular flexibility index (Phi) is 4.42. The van der Waals surface area contributed by atoms with Crippen molar-refractivity contribution in [1.29, 1.82) is 0 Å². The van der Waals surface area contributed by atoms with Gasteiger partial charge < -0.3 is 14.7 Å². The molecule has 1 aliphatic rings. The highest BCUT2D eigenvalue weighted by Gasteiger charge is 2.55. The van der Waals surface area contributed by atoms with Crippen molar-refractivity contribution >= 4 is 5.91 Å². The Hall–Kier alpha value is -1.36. The Labute approximate surface area is 127 Å². The number of carbonyl (C=O) groups is 1. The average Bonchev–Trinajstić information content (AvgIpc) is 3.05. The molecule has 0 saturated heterocycles. The third-order valence-electron chi connectivity index (χ3n) is 4.14. The van der Waals surface area contributed by atoms with Crippen LogP contribution >= 0.6 is 0 Å². The van der Waals surface area contributed by atoms with Gasteiger partial charge in [-0.05, 0) is 67.1 Å². The molecule has 5 heteroatoms. The largest absolute Gasteiger partial charge is 0.360 e. The summed E-state index contributed by atoms with van der Waals surface area (Å²) in [5.41, 5.74) is 0.159. The van der Waals surface area contributed by atoms with Crippen LogP contribution in [0, 0.1) is 6.92 Å². The summed E-state index contributed by atoms with van der Waals surface area (Å²) < 4.78 is 5.32. The molecule has 0 unspecified atom stereocenters. The highest BCUT2D eigenvalue weighted by molar-refractivity contribution is 5.91. The minimum atomic E-state index is -0.472. The van der Waals surface area contributed by atoms with Crippen LogP contribution in [-0.2, 0) is 10.2 Å². The second-order valence-electron chi connectivity index (χ2n) is 7.16. The number of hydrogen-bond donors (Lipinski definition) is 1. The lowest BCUT2D eigenvalue weighted by Gasteiger charge is -2.29. The van der Waals surface area contributed by atoms with Crippen molar-refractivity contribution in [2.75, 3.05) is 20.6 Å². The van der Waals surface area contributed by atoms with Gasteiger partial charge in [0.05, 0.1) is 5.69 Å². The summed E-state index contributed by atoms with van der Waals surface area (Å²) in [7, 11) is 4.13. The first-order valence-corrected chi connectivity index (χ1v) is 7.66. The van der Waals surface area contributed by atoms with Crippen LogP contribution < -0.4 is 5.32 Å². The molecule has 1 aliphatic carbocycles. The number of aryl methyl sites for hydroxylation is 1. The summed E-state index contributed by atoms with van der Waals surface area (Å²) in [6.07, 6.45) is 3.72. The van der Waals surface area contributed by atoms with Crippen LogP contribution in [0.25, 0.3) is 0 Å². The SMILES string of the molecule is Cc1cc(C2(C(=O)NC(C)(C)CCCN(C)C)CC2)on1. The first kappa shape index (κ1) is 16.0. The molecule has 1 aromatic rings. The fourth-order valence-electron chi connectivity index (χ4n) is 2.63. The Morgan fingerprint density at radius 1 is 1.48 bits per heavy atom. The van der Waals surface area contributed by atoms with E-state index in [4.69, 9.17) is 4.52 Å². The van der Waals surface area contributed by atoms with E-state index in [1.807, 2.05) is 13.0 Å². The predicted octanol–water partition coefficient (Wildman–Crippen LogP) is 2.25. The van der Waals surface area contributed by atoms with E-state index in [1.165, 1.54) is 0 Å². The first-order chi connectivity index (χ1) is 9.75. The van der Waals surface area contributed by atoms with Crippen molar-refractivity contribution in [3.8, 4) is 0 Å². The van der Waals surface area contributed by atoms with E-state index in [9.17, 15) is 4.79 Å². The molecule has 1 amide bonds. The zero-order chi connectivity index (χ0) is 15.7. The molecule has 0 radical (unpaired) electrons. The molecule has 0 bridgehead atoms. The van der Waals surface area contributed by atoms with Crippen molar-refractivity contribution in [2.45, 2.75) is 57.4 Å². The first-order valence-electron chi connectivity index (χ1n) is 7.66. The Bertz CT molecular complexity index is 501. The number of amides is 1. The summed E-state index contributed by atoms with van der Waals surface area (Å²) in [5, 5.41) is 7.11. The zero-order valence-electron chi connectivity index (χ0n) is 13.8. The number of nitrogens with zero attached hydrogens (tertiary/aromatic N) is 2. The molecule has 1 N–H and O–H groups in total. The second kappa shape index (κ2) is 5.79. The van der Waals surface area contributed by atoms with E-state index in [0.29, 0.717) is 5.76 Å². The summed E-state index contributed by atoms with van der Waals surface area (Å²) in [4.78, 5) is 14.8. The number of rotatable bonds is 7. The summed E-state index contributed by atoms with van der Waals surface area (Å²) in [6, 6.07) is 1.88. The molecule has 2 rings (SSSR count). The van der Waals surface area contributed by atoms with Gasteiger partial charge in [-0.2, -0.15) is 0 Å². The maximum absolute atomic E-state index is 12.6. The van der Waals surface area contributed by atoms with E-state index in [-0.39, 0.29) is 11.4 Å². The number of hydrogen-bond acceptors (Lipinski definition) is 4. The minimum absolute atomic E-state index is 0.0773. The van der Waals surface area contributed by atoms with Gasteiger partial charge in [-0.3, -0.25) is 4.79 Å². The maximum Gasteiger partial charge on any atom is 0.234 e. The van der Waals surface area contributed by atoms with Crippen molar-refractivity contribution in [3.63, 3.8) is 0 Å². The molecule has 1 fully saturated rings. The summed E-state index contributed by atoms with van der Waals surface area (Å²) >= 11 is 0. The van der Waals surface area contributed by atoms with E-state index in [2.05, 4.69) is 43.3 Å². The van der Waals surface area contributed by atoms with Gasteiger partial charge in [0.1, 0.15) is 5.41 Å². The molecular formula is C16H27N3O2. The van der Waals surface area contributed by atoms with Crippen LogP contribution in [-0.4, -0.2) is 42.1 Å². The average molecular weight is 293 g/mol. The lowest BCUT2D eigenvalue weighted by Crippen LogP contribution is -2.48. The third kappa shape index (κ3) is 3.84. The Morgan fingerprint density at radius 3 is 2.62 bits per heavy atom. The fraction of sp³-hybridized carbons (Fsp3) is 0.750. The van der Waals surface area contributed by atoms with Gasteiger partial charge in [-0.1, -0.05) is 5.16 Å². The highest BCUT2D eigenvalue weighted by atomic mass is 16.5. The van der Waals surface area contributed by atoms with Crippen LogP contribution in [0.4, 0.5) is 0 Å². The van der Waals surface area contributed by atoms with Crippen molar-refractivity contribution in [3.05, 3.63) is 17.5 Å². The molecule has 1 aromatic heterocycles. The molecule has 0 atom stereocenters. The van der Waals surface area contributed by atoms with Crippen molar-refractivity contribution in [2.24, 2.45) is 0 Å². The van der Waals surface area contributed by atoms with E-state index < -0.39 is 5.41 Å². The van der Waals surface area contributed by atoms with Crippen molar-refractivity contribution < 1.29 is 9.32 Å². The van der Waals surface area contributed by atoms with Crippen LogP contribution in [0.1, 0.15) is 51.0 Å². The van der Waals surface area contributed by atoms with Gasteiger partial charge in [0.25, 0.3) is 0 Å². The predicted molar refractivity (Wildman–Crippen MR) is 82.2 cm³/mol. The van der Waals surface area contributed by atoms with Crippen LogP contribution in [0.15, 0.2) is 10.6 Å². The topological polar surface area (TPSA) is 58.4 Å². The number of aromatic nitrogens is 1. The van der Waals surface area contributed by atoms with E-state index >= 15 is 0 Å². The van der Waals surface area contributed by atoms with Crippen LogP contribution in [0.2, 0.25) is 0 Å². The van der Waals surface area contributed by atoms with Crippen molar-refractivity contribution in [1.82, 2.24) is 15.4 Å². The van der Waals surface area contributed by atoms with Gasteiger partial charge in [0.2, 0.25) is 5.91 Å². The minimum Gasteiger partial charge on any atom is -0.360 e.